The van der Waals surface area contributed by atoms with Crippen molar-refractivity contribution in [2.45, 2.75) is 12.3 Å². The number of nitrogens with zero attached hydrogens (tertiary/aromatic N) is 2. The highest BCUT2D eigenvalue weighted by molar-refractivity contribution is 7.96. The number of aliphatic imine (C=N–C) groups is 1. The van der Waals surface area contributed by atoms with Crippen LogP contribution in [0, 0.1) is 0 Å². The first-order valence-corrected chi connectivity index (χ1v) is 16.2. The van der Waals surface area contributed by atoms with E-state index in [1.165, 1.54) is 0 Å². The van der Waals surface area contributed by atoms with E-state index in [1.807, 2.05) is 86.8 Å². The first-order chi connectivity index (χ1) is 21.1. The largest absolute Gasteiger partial charge is 0.444 e. The number of ether oxygens (including phenoxy) is 1. The number of hydrogen-bond acceptors (Lipinski definition) is 3. The topological polar surface area (TPSA) is 41.9 Å². The van der Waals surface area contributed by atoms with Crippen LogP contribution in [0.2, 0.25) is 0 Å². The van der Waals surface area contributed by atoms with Crippen molar-refractivity contribution in [3.05, 3.63) is 163 Å². The van der Waals surface area contributed by atoms with Crippen molar-refractivity contribution in [1.82, 2.24) is 0 Å². The van der Waals surface area contributed by atoms with Crippen LogP contribution in [-0.4, -0.2) is 24.1 Å². The Labute approximate surface area is 252 Å². The fraction of sp³-hybridized carbons (Fsp3) is 0.0789. The van der Waals surface area contributed by atoms with E-state index in [9.17, 15) is 0 Å². The Hall–Kier alpha value is -4.92. The Morgan fingerprint density at radius 3 is 1.65 bits per heavy atom. The molecule has 1 unspecified atom stereocenters. The number of fused-ring (bicyclic) bond motifs is 2. The molecule has 5 aromatic carbocycles. The van der Waals surface area contributed by atoms with E-state index >= 15 is 4.79 Å². The van der Waals surface area contributed by atoms with Gasteiger partial charge in [-0.15, -0.1) is 0 Å². The predicted octanol–water partition coefficient (Wildman–Crippen LogP) is 6.73. The SMILES string of the molecule is CC1=CC2(C(=O)N(C)c3ccccc32)C(=P(c2ccccc2)(c2ccccc2)c2ccccc2)C(=Nc2ccccc2)O1. The number of hydrogen-bond donors (Lipinski definition) is 0. The number of carbonyl (C=O) groups is 1. The van der Waals surface area contributed by atoms with E-state index < -0.39 is 12.3 Å². The molecule has 5 aromatic rings. The quantitative estimate of drug-likeness (QED) is 0.222. The van der Waals surface area contributed by atoms with Gasteiger partial charge >= 0.3 is 0 Å². The van der Waals surface area contributed by atoms with Crippen LogP contribution < -0.4 is 20.8 Å². The predicted molar refractivity (Wildman–Crippen MR) is 180 cm³/mol. The molecular weight excluding hydrogens is 547 g/mol. The highest BCUT2D eigenvalue weighted by atomic mass is 31.2. The molecule has 43 heavy (non-hydrogen) atoms. The van der Waals surface area contributed by atoms with Gasteiger partial charge in [-0.05, 0) is 54.0 Å². The fourth-order valence-corrected chi connectivity index (χ4v) is 11.3. The minimum Gasteiger partial charge on any atom is -0.444 e. The molecule has 7 rings (SSSR count). The zero-order valence-corrected chi connectivity index (χ0v) is 25.0. The summed E-state index contributed by atoms with van der Waals surface area (Å²) < 4.78 is 6.69. The zero-order valence-electron chi connectivity index (χ0n) is 24.1. The van der Waals surface area contributed by atoms with Crippen LogP contribution in [0.25, 0.3) is 0 Å². The molecule has 2 heterocycles. The normalized spacial score (nSPS) is 18.9. The highest BCUT2D eigenvalue weighted by Gasteiger charge is 2.58. The van der Waals surface area contributed by atoms with E-state index in [0.29, 0.717) is 11.7 Å². The molecule has 2 aliphatic rings. The summed E-state index contributed by atoms with van der Waals surface area (Å²) in [7, 11) is 1.87. The average Bonchev–Trinajstić information content (AvgIpc) is 3.26. The Bertz CT molecular complexity index is 1830. The Morgan fingerprint density at radius 1 is 0.651 bits per heavy atom. The lowest BCUT2D eigenvalue weighted by Crippen LogP contribution is -2.53. The van der Waals surface area contributed by atoms with Crippen molar-refractivity contribution in [3.8, 4) is 0 Å². The maximum absolute atomic E-state index is 15.0. The lowest BCUT2D eigenvalue weighted by Gasteiger charge is -2.41. The van der Waals surface area contributed by atoms with Crippen molar-refractivity contribution in [2.24, 2.45) is 4.99 Å². The van der Waals surface area contributed by atoms with E-state index in [4.69, 9.17) is 9.73 Å². The second-order valence-corrected chi connectivity index (χ2v) is 14.2. The number of allylic oxidation sites excluding steroid dienone is 1. The van der Waals surface area contributed by atoms with Crippen LogP contribution in [0.1, 0.15) is 12.5 Å². The Kier molecular flexibility index (Phi) is 6.72. The summed E-state index contributed by atoms with van der Waals surface area (Å²) in [4.78, 5) is 22.0. The van der Waals surface area contributed by atoms with Gasteiger partial charge in [0.25, 0.3) is 0 Å². The van der Waals surface area contributed by atoms with E-state index in [0.717, 1.165) is 38.1 Å². The van der Waals surface area contributed by atoms with Gasteiger partial charge in [-0.25, -0.2) is 4.99 Å². The molecule has 1 amide bonds. The molecule has 1 spiro atoms. The number of likely N-dealkylation sites (N-methyl/N-ethyl adjacent to an activating group) is 1. The van der Waals surface area contributed by atoms with Crippen LogP contribution in [0.4, 0.5) is 11.4 Å². The van der Waals surface area contributed by atoms with Gasteiger partial charge in [-0.3, -0.25) is 4.79 Å². The van der Waals surface area contributed by atoms with E-state index in [-0.39, 0.29) is 5.91 Å². The zero-order chi connectivity index (χ0) is 29.4. The van der Waals surface area contributed by atoms with Gasteiger partial charge in [0.1, 0.15) is 11.2 Å². The second-order valence-electron chi connectivity index (χ2n) is 10.8. The van der Waals surface area contributed by atoms with Crippen LogP contribution in [-0.2, 0) is 14.9 Å². The van der Waals surface area contributed by atoms with Crippen LogP contribution in [0.3, 0.4) is 0 Å². The summed E-state index contributed by atoms with van der Waals surface area (Å²) in [5.41, 5.74) is 1.45. The van der Waals surface area contributed by atoms with Gasteiger partial charge in [0.15, 0.2) is 0 Å². The first kappa shape index (κ1) is 26.9. The number of carbonyl (C=O) groups excluding carboxylic acids is 1. The third-order valence-corrected chi connectivity index (χ3v) is 12.8. The van der Waals surface area contributed by atoms with Gasteiger partial charge in [-0.2, -0.15) is 0 Å². The Balaban J connectivity index is 1.80. The van der Waals surface area contributed by atoms with Gasteiger partial charge in [0.05, 0.1) is 5.69 Å². The molecule has 0 aliphatic carbocycles. The lowest BCUT2D eigenvalue weighted by atomic mass is 9.76. The number of para-hydroxylation sites is 2. The van der Waals surface area contributed by atoms with Gasteiger partial charge in [-0.1, -0.05) is 127 Å². The van der Waals surface area contributed by atoms with Crippen molar-refractivity contribution in [1.29, 1.82) is 0 Å². The molecule has 1 atom stereocenters. The standard InChI is InChI=1S/C38H31N2O2P/c1-28-27-38(33-25-15-16-26-34(33)40(2)37(38)41)35(36(42-28)39-29-17-7-3-8-18-29)43(30-19-9-4-10-20-30,31-21-11-5-12-22-31)32-23-13-6-14-24-32/h3-27H,1-2H3. The molecule has 0 radical (unpaired) electrons. The smallest absolute Gasteiger partial charge is 0.246 e. The number of rotatable bonds is 4. The first-order valence-electron chi connectivity index (χ1n) is 14.4. The molecule has 2 aliphatic heterocycles. The maximum Gasteiger partial charge on any atom is 0.246 e. The van der Waals surface area contributed by atoms with Crippen molar-refractivity contribution in [3.63, 3.8) is 0 Å². The maximum atomic E-state index is 15.0. The lowest BCUT2D eigenvalue weighted by molar-refractivity contribution is -0.119. The number of anilines is 1. The number of amides is 1. The summed E-state index contributed by atoms with van der Waals surface area (Å²) in [5.74, 6) is 1.10. The third kappa shape index (κ3) is 4.13. The third-order valence-electron chi connectivity index (χ3n) is 8.34. The summed E-state index contributed by atoms with van der Waals surface area (Å²) in [6.45, 7) is -0.896. The molecule has 4 nitrogen and oxygen atoms in total. The van der Waals surface area contributed by atoms with Crippen molar-refractivity contribution in [2.75, 3.05) is 11.9 Å². The van der Waals surface area contributed by atoms with Crippen molar-refractivity contribution < 1.29 is 9.53 Å². The monoisotopic (exact) mass is 578 g/mol. The fourth-order valence-electron chi connectivity index (χ4n) is 6.62. The molecular formula is C38H31N2O2P. The minimum absolute atomic E-state index is 0.0146. The summed E-state index contributed by atoms with van der Waals surface area (Å²) in [6.07, 6.45) is 2.03. The van der Waals surface area contributed by atoms with Gasteiger partial charge in [0, 0.05) is 23.6 Å². The molecule has 0 fully saturated rings. The molecule has 0 N–H and O–H groups in total. The van der Waals surface area contributed by atoms with Gasteiger partial charge < -0.3 is 9.64 Å². The van der Waals surface area contributed by atoms with Crippen LogP contribution >= 0.6 is 6.89 Å². The van der Waals surface area contributed by atoms with Crippen LogP contribution in [0.5, 0.6) is 0 Å². The molecule has 210 valence electrons. The average molecular weight is 579 g/mol. The number of benzene rings is 5. The summed E-state index contributed by atoms with van der Waals surface area (Å²) >= 11 is 0. The molecule has 0 saturated carbocycles. The molecule has 0 aromatic heterocycles. The second kappa shape index (κ2) is 10.7. The molecule has 5 heteroatoms. The highest BCUT2D eigenvalue weighted by Crippen LogP contribution is 2.56. The van der Waals surface area contributed by atoms with Crippen LogP contribution in [0.15, 0.2) is 162 Å². The van der Waals surface area contributed by atoms with Crippen molar-refractivity contribution >= 4 is 51.3 Å². The van der Waals surface area contributed by atoms with E-state index in [2.05, 4.69) is 78.9 Å². The summed E-state index contributed by atoms with van der Waals surface area (Å²) in [6, 6.07) is 49.7. The van der Waals surface area contributed by atoms with Gasteiger partial charge in [0.2, 0.25) is 11.8 Å². The molecule has 0 bridgehead atoms. The van der Waals surface area contributed by atoms with E-state index in [1.54, 1.807) is 4.90 Å². The Morgan fingerprint density at radius 2 is 1.12 bits per heavy atom. The minimum atomic E-state index is -2.81. The summed E-state index contributed by atoms with van der Waals surface area (Å²) in [5, 5.41) is 4.25. The molecule has 0 saturated heterocycles.